The number of rotatable bonds is 6. The summed E-state index contributed by atoms with van der Waals surface area (Å²) in [5.41, 5.74) is 2.21. The van der Waals surface area contributed by atoms with Crippen molar-refractivity contribution in [2.24, 2.45) is 10.1 Å². The minimum Gasteiger partial charge on any atom is -0.504 e. The SMILES string of the molecule is Oc1ccc(C=Nn2c(-c3ccccc3F)csc2=NCCc2ccccc2)c(O)c1O. The number of nitrogens with zero attached hydrogens (tertiary/aromatic N) is 3. The average molecular weight is 450 g/mol. The van der Waals surface area contributed by atoms with Crippen LogP contribution in [0.15, 0.2) is 82.2 Å². The van der Waals surface area contributed by atoms with Crippen LogP contribution in [0.1, 0.15) is 11.1 Å². The number of halogens is 1. The van der Waals surface area contributed by atoms with E-state index in [1.807, 2.05) is 30.3 Å². The zero-order valence-corrected chi connectivity index (χ0v) is 17.7. The lowest BCUT2D eigenvalue weighted by Crippen LogP contribution is -2.13. The number of aromatic hydroxyl groups is 3. The molecule has 1 heterocycles. The molecule has 0 spiro atoms. The van der Waals surface area contributed by atoms with E-state index in [0.717, 1.165) is 12.0 Å². The molecule has 162 valence electrons. The number of hydrogen-bond acceptors (Lipinski definition) is 6. The second-order valence-corrected chi connectivity index (χ2v) is 7.76. The third-order valence-electron chi connectivity index (χ3n) is 4.80. The fourth-order valence-electron chi connectivity index (χ4n) is 3.11. The monoisotopic (exact) mass is 449 g/mol. The van der Waals surface area contributed by atoms with Crippen LogP contribution in [0.2, 0.25) is 0 Å². The molecule has 0 aliphatic rings. The van der Waals surface area contributed by atoms with Crippen LogP contribution in [0.4, 0.5) is 4.39 Å². The molecular formula is C24H20FN3O3S. The highest BCUT2D eigenvalue weighted by molar-refractivity contribution is 7.07. The third-order valence-corrected chi connectivity index (χ3v) is 5.65. The fraction of sp³-hybridized carbons (Fsp3) is 0.0833. The largest absolute Gasteiger partial charge is 0.504 e. The standard InChI is InChI=1S/C24H20FN3O3S/c25-19-9-5-4-8-18(19)20-15-32-24(26-13-12-16-6-2-1-3-7-16)28(20)27-14-17-10-11-21(29)23(31)22(17)30/h1-11,14-15,29-31H,12-13H2. The Balaban J connectivity index is 1.74. The van der Waals surface area contributed by atoms with Crippen molar-refractivity contribution in [3.63, 3.8) is 0 Å². The predicted octanol–water partition coefficient (Wildman–Crippen LogP) is 4.50. The highest BCUT2D eigenvalue weighted by Gasteiger charge is 2.13. The summed E-state index contributed by atoms with van der Waals surface area (Å²) in [5, 5.41) is 35.5. The third kappa shape index (κ3) is 4.55. The predicted molar refractivity (Wildman–Crippen MR) is 123 cm³/mol. The molecule has 0 amide bonds. The van der Waals surface area contributed by atoms with Crippen LogP contribution in [-0.2, 0) is 6.42 Å². The Kier molecular flexibility index (Phi) is 6.32. The molecule has 0 saturated heterocycles. The van der Waals surface area contributed by atoms with Crippen molar-refractivity contribution >= 4 is 17.6 Å². The lowest BCUT2D eigenvalue weighted by molar-refractivity contribution is 0.367. The number of thiazole rings is 1. The molecule has 0 radical (unpaired) electrons. The van der Waals surface area contributed by atoms with Gasteiger partial charge in [-0.1, -0.05) is 42.5 Å². The lowest BCUT2D eigenvalue weighted by Gasteiger charge is -2.06. The first-order valence-electron chi connectivity index (χ1n) is 9.82. The quantitative estimate of drug-likeness (QED) is 0.299. The Bertz CT molecular complexity index is 1330. The van der Waals surface area contributed by atoms with E-state index in [1.165, 1.54) is 40.4 Å². The van der Waals surface area contributed by atoms with Gasteiger partial charge >= 0.3 is 0 Å². The van der Waals surface area contributed by atoms with Crippen molar-refractivity contribution in [2.75, 3.05) is 6.54 Å². The normalized spacial score (nSPS) is 12.0. The Labute approximate surface area is 187 Å². The molecule has 3 N–H and O–H groups in total. The summed E-state index contributed by atoms with van der Waals surface area (Å²) in [6.45, 7) is 0.516. The van der Waals surface area contributed by atoms with Gasteiger partial charge in [-0.2, -0.15) is 5.10 Å². The van der Waals surface area contributed by atoms with E-state index in [4.69, 9.17) is 0 Å². The van der Waals surface area contributed by atoms with Crippen LogP contribution in [0.3, 0.4) is 0 Å². The van der Waals surface area contributed by atoms with Crippen LogP contribution in [0.25, 0.3) is 11.3 Å². The number of phenols is 3. The highest BCUT2D eigenvalue weighted by atomic mass is 32.1. The van der Waals surface area contributed by atoms with Crippen molar-refractivity contribution in [3.05, 3.63) is 93.9 Å². The molecule has 4 aromatic rings. The topological polar surface area (TPSA) is 90.3 Å². The lowest BCUT2D eigenvalue weighted by atomic mass is 10.1. The molecule has 0 bridgehead atoms. The van der Waals surface area contributed by atoms with Gasteiger partial charge in [0.25, 0.3) is 0 Å². The zero-order chi connectivity index (χ0) is 22.5. The van der Waals surface area contributed by atoms with Gasteiger partial charge in [0.1, 0.15) is 5.82 Å². The number of hydrogen-bond donors (Lipinski definition) is 3. The maximum atomic E-state index is 14.5. The maximum absolute atomic E-state index is 14.5. The van der Waals surface area contributed by atoms with Gasteiger partial charge in [-0.3, -0.25) is 4.99 Å². The smallest absolute Gasteiger partial charge is 0.206 e. The van der Waals surface area contributed by atoms with Gasteiger partial charge in [-0.15, -0.1) is 11.3 Å². The number of benzene rings is 3. The Morgan fingerprint density at radius 3 is 2.44 bits per heavy atom. The van der Waals surface area contributed by atoms with Gasteiger partial charge in [0, 0.05) is 23.1 Å². The fourth-order valence-corrected chi connectivity index (χ4v) is 3.96. The summed E-state index contributed by atoms with van der Waals surface area (Å²) in [7, 11) is 0. The number of aromatic nitrogens is 1. The summed E-state index contributed by atoms with van der Waals surface area (Å²) in [5.74, 6) is -1.97. The van der Waals surface area contributed by atoms with Gasteiger partial charge in [0.15, 0.2) is 11.5 Å². The first-order valence-corrected chi connectivity index (χ1v) is 10.7. The minimum atomic E-state index is -0.633. The van der Waals surface area contributed by atoms with Crippen molar-refractivity contribution in [1.29, 1.82) is 0 Å². The summed E-state index contributed by atoms with van der Waals surface area (Å²) in [6, 6.07) is 19.0. The van der Waals surface area contributed by atoms with Crippen LogP contribution in [0.5, 0.6) is 17.2 Å². The van der Waals surface area contributed by atoms with Crippen molar-refractivity contribution in [3.8, 4) is 28.5 Å². The summed E-state index contributed by atoms with van der Waals surface area (Å²) in [4.78, 5) is 5.19. The van der Waals surface area contributed by atoms with Gasteiger partial charge in [-0.25, -0.2) is 9.07 Å². The molecule has 0 saturated carbocycles. The van der Waals surface area contributed by atoms with Crippen LogP contribution in [0, 0.1) is 5.82 Å². The van der Waals surface area contributed by atoms with Crippen LogP contribution >= 0.6 is 11.3 Å². The second kappa shape index (κ2) is 9.49. The molecule has 0 aliphatic carbocycles. The molecule has 0 fully saturated rings. The van der Waals surface area contributed by atoms with E-state index >= 15 is 0 Å². The van der Waals surface area contributed by atoms with E-state index < -0.39 is 23.1 Å². The van der Waals surface area contributed by atoms with Crippen LogP contribution < -0.4 is 4.80 Å². The van der Waals surface area contributed by atoms with Gasteiger partial charge < -0.3 is 15.3 Å². The molecule has 32 heavy (non-hydrogen) atoms. The number of phenolic OH excluding ortho intramolecular Hbond substituents is 3. The Morgan fingerprint density at radius 1 is 0.906 bits per heavy atom. The molecular weight excluding hydrogens is 429 g/mol. The highest BCUT2D eigenvalue weighted by Crippen LogP contribution is 2.36. The first kappa shape index (κ1) is 21.3. The molecule has 1 aromatic heterocycles. The van der Waals surface area contributed by atoms with E-state index in [-0.39, 0.29) is 5.56 Å². The molecule has 8 heteroatoms. The van der Waals surface area contributed by atoms with Gasteiger partial charge in [-0.05, 0) is 36.2 Å². The zero-order valence-electron chi connectivity index (χ0n) is 16.9. The average Bonchev–Trinajstić information content (AvgIpc) is 3.20. The second-order valence-electron chi connectivity index (χ2n) is 6.93. The van der Waals surface area contributed by atoms with E-state index in [0.29, 0.717) is 22.6 Å². The minimum absolute atomic E-state index is 0.189. The van der Waals surface area contributed by atoms with E-state index in [2.05, 4.69) is 10.1 Å². The Hall–Kier alpha value is -3.91. The molecule has 0 atom stereocenters. The first-order chi connectivity index (χ1) is 15.5. The summed E-state index contributed by atoms with van der Waals surface area (Å²) >= 11 is 1.32. The molecule has 0 unspecified atom stereocenters. The van der Waals surface area contributed by atoms with Crippen molar-refractivity contribution < 1.29 is 19.7 Å². The maximum Gasteiger partial charge on any atom is 0.206 e. The van der Waals surface area contributed by atoms with Crippen LogP contribution in [-0.4, -0.2) is 32.8 Å². The van der Waals surface area contributed by atoms with E-state index in [9.17, 15) is 19.7 Å². The van der Waals surface area contributed by atoms with Crippen molar-refractivity contribution in [1.82, 2.24) is 4.68 Å². The summed E-state index contributed by atoms with van der Waals surface area (Å²) in [6.07, 6.45) is 2.06. The van der Waals surface area contributed by atoms with Crippen molar-refractivity contribution in [2.45, 2.75) is 6.42 Å². The van der Waals surface area contributed by atoms with E-state index in [1.54, 1.807) is 23.6 Å². The summed E-state index contributed by atoms with van der Waals surface area (Å²) < 4.78 is 16.0. The molecule has 6 nitrogen and oxygen atoms in total. The van der Waals surface area contributed by atoms with Gasteiger partial charge in [0.2, 0.25) is 10.6 Å². The van der Waals surface area contributed by atoms with Gasteiger partial charge in [0.05, 0.1) is 11.9 Å². The molecule has 3 aromatic carbocycles. The molecule has 0 aliphatic heterocycles. The Morgan fingerprint density at radius 2 is 1.66 bits per heavy atom. The molecule has 4 rings (SSSR count).